The number of carbonyl (C=O) groups excluding carboxylic acids is 1. The monoisotopic (exact) mass is 493 g/mol. The molecule has 10 heteroatoms. The number of halogens is 3. The number of aliphatic hydroxyl groups excluding tert-OH is 1. The van der Waals surface area contributed by atoms with Gasteiger partial charge in [-0.15, -0.1) is 10.2 Å². The van der Waals surface area contributed by atoms with Crippen molar-refractivity contribution in [2.45, 2.75) is 38.6 Å². The summed E-state index contributed by atoms with van der Waals surface area (Å²) in [4.78, 5) is 14.6. The molecule has 7 nitrogen and oxygen atoms in total. The average Bonchev–Trinajstić information content (AvgIpc) is 3.31. The van der Waals surface area contributed by atoms with Crippen LogP contribution in [0.4, 0.5) is 4.79 Å². The van der Waals surface area contributed by atoms with Crippen molar-refractivity contribution in [3.63, 3.8) is 0 Å². The lowest BCUT2D eigenvalue weighted by molar-refractivity contribution is 0.169. The summed E-state index contributed by atoms with van der Waals surface area (Å²) in [5.41, 5.74) is 1.79. The molecule has 4 rings (SSSR count). The first kappa shape index (κ1) is 22.9. The van der Waals surface area contributed by atoms with Crippen molar-refractivity contribution in [3.05, 3.63) is 80.3 Å². The predicted molar refractivity (Wildman–Crippen MR) is 124 cm³/mol. The van der Waals surface area contributed by atoms with Gasteiger partial charge < -0.3 is 19.9 Å². The largest absolute Gasteiger partial charge is 0.391 e. The van der Waals surface area contributed by atoms with Gasteiger partial charge in [-0.05, 0) is 42.3 Å². The molecule has 2 atom stereocenters. The number of nitrogens with zero attached hydrogens (tertiary/aromatic N) is 4. The number of hydrogen-bond acceptors (Lipinski definition) is 4. The Kier molecular flexibility index (Phi) is 6.90. The van der Waals surface area contributed by atoms with Gasteiger partial charge in [0.2, 0.25) is 0 Å². The number of urea groups is 1. The van der Waals surface area contributed by atoms with Gasteiger partial charge in [0.15, 0.2) is 5.82 Å². The van der Waals surface area contributed by atoms with E-state index < -0.39 is 12.1 Å². The number of likely N-dealkylation sites (tertiary alicyclic amines) is 1. The average molecular weight is 495 g/mol. The molecule has 32 heavy (non-hydrogen) atoms. The van der Waals surface area contributed by atoms with Gasteiger partial charge in [-0.3, -0.25) is 0 Å². The highest BCUT2D eigenvalue weighted by atomic mass is 35.5. The molecule has 1 aliphatic rings. The molecule has 168 valence electrons. The van der Waals surface area contributed by atoms with E-state index >= 15 is 0 Å². The second-order valence-corrected chi connectivity index (χ2v) is 9.05. The normalized spacial score (nSPS) is 18.2. The fourth-order valence-corrected chi connectivity index (χ4v) is 4.43. The number of aryl methyl sites for hydroxylation is 1. The van der Waals surface area contributed by atoms with E-state index in [4.69, 9.17) is 34.8 Å². The zero-order valence-electron chi connectivity index (χ0n) is 17.3. The van der Waals surface area contributed by atoms with Crippen LogP contribution >= 0.6 is 34.8 Å². The number of amides is 2. The van der Waals surface area contributed by atoms with Crippen molar-refractivity contribution >= 4 is 40.8 Å². The third-order valence-electron chi connectivity index (χ3n) is 5.50. The third-order valence-corrected chi connectivity index (χ3v) is 6.34. The van der Waals surface area contributed by atoms with Crippen LogP contribution in [0.5, 0.6) is 0 Å². The van der Waals surface area contributed by atoms with Crippen molar-refractivity contribution in [1.29, 1.82) is 0 Å². The summed E-state index contributed by atoms with van der Waals surface area (Å²) in [6, 6.07) is 12.0. The molecule has 3 aromatic rings. The summed E-state index contributed by atoms with van der Waals surface area (Å²) in [7, 11) is 0. The number of aromatic nitrogens is 3. The van der Waals surface area contributed by atoms with Crippen molar-refractivity contribution in [3.8, 4) is 0 Å². The van der Waals surface area contributed by atoms with E-state index in [-0.39, 0.29) is 19.1 Å². The van der Waals surface area contributed by atoms with E-state index in [1.807, 2.05) is 35.8 Å². The fraction of sp³-hybridized carbons (Fsp3) is 0.318. The zero-order valence-corrected chi connectivity index (χ0v) is 19.6. The summed E-state index contributed by atoms with van der Waals surface area (Å²) >= 11 is 18.1. The zero-order chi connectivity index (χ0) is 22.8. The Bertz CT molecular complexity index is 1120. The maximum atomic E-state index is 13.0. The molecule has 2 aromatic carbocycles. The third kappa shape index (κ3) is 5.02. The molecule has 0 radical (unpaired) electrons. The topological polar surface area (TPSA) is 83.3 Å². The number of carbonyl (C=O) groups is 1. The van der Waals surface area contributed by atoms with Crippen LogP contribution in [0, 0.1) is 6.92 Å². The molecule has 0 unspecified atom stereocenters. The fourth-order valence-electron chi connectivity index (χ4n) is 3.83. The van der Waals surface area contributed by atoms with Crippen LogP contribution in [0.15, 0.2) is 42.5 Å². The van der Waals surface area contributed by atoms with Crippen LogP contribution in [0.1, 0.15) is 35.2 Å². The molecule has 2 amide bonds. The number of hydrogen-bond donors (Lipinski definition) is 2. The number of rotatable bonds is 5. The van der Waals surface area contributed by atoms with Crippen molar-refractivity contribution in [1.82, 2.24) is 25.0 Å². The van der Waals surface area contributed by atoms with Crippen molar-refractivity contribution in [2.24, 2.45) is 0 Å². The first-order valence-corrected chi connectivity index (χ1v) is 11.3. The molecule has 1 saturated heterocycles. The van der Waals surface area contributed by atoms with E-state index in [1.165, 1.54) is 0 Å². The molecule has 0 bridgehead atoms. The van der Waals surface area contributed by atoms with Gasteiger partial charge in [-0.25, -0.2) is 4.79 Å². The van der Waals surface area contributed by atoms with E-state index in [0.717, 1.165) is 17.0 Å². The molecule has 2 N–H and O–H groups in total. The lowest BCUT2D eigenvalue weighted by Crippen LogP contribution is -2.40. The number of β-amino-alcohol motifs (C(OH)–C–C–N with tert-alkyl or cyclic N) is 1. The molecule has 0 aliphatic carbocycles. The molecule has 0 saturated carbocycles. The summed E-state index contributed by atoms with van der Waals surface area (Å²) in [5, 5.41) is 23.4. The number of benzene rings is 2. The van der Waals surface area contributed by atoms with Crippen LogP contribution in [-0.2, 0) is 13.1 Å². The quantitative estimate of drug-likeness (QED) is 0.542. The van der Waals surface area contributed by atoms with Crippen molar-refractivity contribution in [2.75, 3.05) is 6.54 Å². The van der Waals surface area contributed by atoms with Crippen LogP contribution in [-0.4, -0.2) is 43.5 Å². The maximum Gasteiger partial charge on any atom is 0.318 e. The van der Waals surface area contributed by atoms with Gasteiger partial charge in [-0.2, -0.15) is 0 Å². The second-order valence-electron chi connectivity index (χ2n) is 7.77. The molecular weight excluding hydrogens is 473 g/mol. The van der Waals surface area contributed by atoms with Gasteiger partial charge >= 0.3 is 6.03 Å². The van der Waals surface area contributed by atoms with Gasteiger partial charge in [-0.1, -0.05) is 53.0 Å². The lowest BCUT2D eigenvalue weighted by Gasteiger charge is -2.25. The first-order chi connectivity index (χ1) is 15.3. The maximum absolute atomic E-state index is 13.0. The minimum Gasteiger partial charge on any atom is -0.391 e. The summed E-state index contributed by atoms with van der Waals surface area (Å²) < 4.78 is 1.96. The van der Waals surface area contributed by atoms with Gasteiger partial charge in [0.05, 0.1) is 18.7 Å². The van der Waals surface area contributed by atoms with E-state index in [0.29, 0.717) is 33.9 Å². The Morgan fingerprint density at radius 1 is 1.12 bits per heavy atom. The van der Waals surface area contributed by atoms with Gasteiger partial charge in [0.25, 0.3) is 0 Å². The molecule has 1 fully saturated rings. The highest BCUT2D eigenvalue weighted by Crippen LogP contribution is 2.32. The van der Waals surface area contributed by atoms with E-state index in [2.05, 4.69) is 15.5 Å². The lowest BCUT2D eigenvalue weighted by atomic mass is 10.1. The molecule has 2 heterocycles. The molecular formula is C22H22Cl3N5O2. The molecule has 1 aromatic heterocycles. The predicted octanol–water partition coefficient (Wildman–Crippen LogP) is 4.61. The smallest absolute Gasteiger partial charge is 0.318 e. The SMILES string of the molecule is Cc1nnc([C@H]2C[C@H](O)CN2C(=O)NCc2ccc(Cl)cc2Cl)n1Cc1ccc(Cl)cc1. The Labute approximate surface area is 200 Å². The number of nitrogens with one attached hydrogen (secondary N) is 1. The minimum absolute atomic E-state index is 0.206. The Morgan fingerprint density at radius 3 is 2.56 bits per heavy atom. The molecule has 0 spiro atoms. The Morgan fingerprint density at radius 2 is 1.84 bits per heavy atom. The van der Waals surface area contributed by atoms with E-state index in [1.54, 1.807) is 23.1 Å². The highest BCUT2D eigenvalue weighted by molar-refractivity contribution is 6.35. The van der Waals surface area contributed by atoms with Gasteiger partial charge in [0, 0.05) is 34.6 Å². The van der Waals surface area contributed by atoms with Crippen LogP contribution in [0.2, 0.25) is 15.1 Å². The number of aliphatic hydroxyl groups is 1. The van der Waals surface area contributed by atoms with Crippen LogP contribution < -0.4 is 5.32 Å². The summed E-state index contributed by atoms with van der Waals surface area (Å²) in [6.45, 7) is 2.85. The van der Waals surface area contributed by atoms with Crippen molar-refractivity contribution < 1.29 is 9.90 Å². The van der Waals surface area contributed by atoms with Crippen LogP contribution in [0.3, 0.4) is 0 Å². The Hall–Kier alpha value is -2.32. The van der Waals surface area contributed by atoms with E-state index in [9.17, 15) is 9.90 Å². The van der Waals surface area contributed by atoms with Crippen LogP contribution in [0.25, 0.3) is 0 Å². The first-order valence-electron chi connectivity index (χ1n) is 10.1. The summed E-state index contributed by atoms with van der Waals surface area (Å²) in [6.07, 6.45) is -0.265. The standard InChI is InChI=1S/C22H22Cl3N5O2/c1-13-27-28-21(29(13)11-14-2-5-16(23)6-3-14)20-9-18(31)12-30(20)22(32)26-10-15-4-7-17(24)8-19(15)25/h2-8,18,20,31H,9-12H2,1H3,(H,26,32)/t18-,20+/m0/s1. The summed E-state index contributed by atoms with van der Waals surface area (Å²) in [5.74, 6) is 1.36. The highest BCUT2D eigenvalue weighted by Gasteiger charge is 2.38. The molecule has 1 aliphatic heterocycles. The van der Waals surface area contributed by atoms with Gasteiger partial charge in [0.1, 0.15) is 5.82 Å². The minimum atomic E-state index is -0.647. The Balaban J connectivity index is 1.52. The second kappa shape index (κ2) is 9.67.